The zero-order valence-electron chi connectivity index (χ0n) is 11.3. The number of aromatic nitrogens is 2. The van der Waals surface area contributed by atoms with Crippen molar-refractivity contribution in [2.24, 2.45) is 0 Å². The molecule has 0 amide bonds. The molecular weight excluding hydrogens is 323 g/mol. The predicted molar refractivity (Wildman–Crippen MR) is 71.5 cm³/mol. The second-order valence-electron chi connectivity index (χ2n) is 4.55. The molecule has 0 fully saturated rings. The van der Waals surface area contributed by atoms with E-state index in [2.05, 4.69) is 9.82 Å². The van der Waals surface area contributed by atoms with E-state index in [1.54, 1.807) is 24.4 Å². The first-order valence-corrected chi connectivity index (χ1v) is 7.99. The van der Waals surface area contributed by atoms with Gasteiger partial charge in [-0.25, -0.2) is 13.1 Å². The van der Waals surface area contributed by atoms with Gasteiger partial charge in [-0.1, -0.05) is 0 Å². The first-order valence-electron chi connectivity index (χ1n) is 6.33. The second kappa shape index (κ2) is 6.53. The molecule has 2 rings (SSSR count). The summed E-state index contributed by atoms with van der Waals surface area (Å²) < 4.78 is 68.5. The minimum atomic E-state index is -4.52. The minimum Gasteiger partial charge on any atom is -0.467 e. The smallest absolute Gasteiger partial charge is 0.390 e. The molecule has 0 saturated heterocycles. The Kier molecular flexibility index (Phi) is 4.91. The van der Waals surface area contributed by atoms with Crippen LogP contribution >= 0.6 is 0 Å². The van der Waals surface area contributed by atoms with Crippen LogP contribution in [0.3, 0.4) is 0 Å². The van der Waals surface area contributed by atoms with Crippen LogP contribution in [-0.2, 0) is 10.0 Å². The lowest BCUT2D eigenvalue weighted by molar-refractivity contribution is -0.129. The fraction of sp³-hybridized carbons (Fsp3) is 0.417. The van der Waals surface area contributed by atoms with Crippen LogP contribution in [0.4, 0.5) is 13.2 Å². The molecule has 2 heterocycles. The van der Waals surface area contributed by atoms with Crippen molar-refractivity contribution in [1.29, 1.82) is 0 Å². The van der Waals surface area contributed by atoms with E-state index in [0.29, 0.717) is 5.76 Å². The Morgan fingerprint density at radius 3 is 2.68 bits per heavy atom. The zero-order valence-corrected chi connectivity index (χ0v) is 12.1. The molecule has 22 heavy (non-hydrogen) atoms. The van der Waals surface area contributed by atoms with Gasteiger partial charge in [0.2, 0.25) is 10.0 Å². The molecular formula is C12H14F3N3O3S. The van der Waals surface area contributed by atoms with E-state index in [1.807, 2.05) is 0 Å². The van der Waals surface area contributed by atoms with Gasteiger partial charge in [0, 0.05) is 18.9 Å². The predicted octanol–water partition coefficient (Wildman–Crippen LogP) is 1.94. The van der Waals surface area contributed by atoms with E-state index in [0.717, 1.165) is 0 Å². The maximum Gasteiger partial charge on any atom is 0.390 e. The van der Waals surface area contributed by atoms with Crippen molar-refractivity contribution in [3.05, 3.63) is 42.6 Å². The van der Waals surface area contributed by atoms with E-state index >= 15 is 0 Å². The highest BCUT2D eigenvalue weighted by atomic mass is 32.2. The number of sulfonamides is 1. The molecule has 0 unspecified atom stereocenters. The lowest BCUT2D eigenvalue weighted by atomic mass is 10.2. The standard InChI is InChI=1S/C12H14F3N3O3S/c13-12(14,15)4-8-22(19,20)17-9-10(11-3-1-7-21-11)18-6-2-5-16-18/h1-3,5-7,10,17H,4,8-9H2/t10-/m0/s1. The molecule has 6 nitrogen and oxygen atoms in total. The third-order valence-corrected chi connectivity index (χ3v) is 4.21. The summed E-state index contributed by atoms with van der Waals surface area (Å²) in [6.45, 7) is -0.157. The molecule has 0 aromatic carbocycles. The van der Waals surface area contributed by atoms with E-state index in [4.69, 9.17) is 4.42 Å². The topological polar surface area (TPSA) is 77.1 Å². The maximum absolute atomic E-state index is 12.1. The Morgan fingerprint density at radius 2 is 2.14 bits per heavy atom. The lowest BCUT2D eigenvalue weighted by Gasteiger charge is -2.16. The highest BCUT2D eigenvalue weighted by Crippen LogP contribution is 2.21. The van der Waals surface area contributed by atoms with Gasteiger partial charge >= 0.3 is 6.18 Å². The largest absolute Gasteiger partial charge is 0.467 e. The van der Waals surface area contributed by atoms with Gasteiger partial charge in [-0.2, -0.15) is 18.3 Å². The average molecular weight is 337 g/mol. The van der Waals surface area contributed by atoms with Crippen molar-refractivity contribution in [2.45, 2.75) is 18.6 Å². The molecule has 1 atom stereocenters. The molecule has 0 aliphatic heterocycles. The summed E-state index contributed by atoms with van der Waals surface area (Å²) in [7, 11) is -4.04. The Labute approximate surface area is 125 Å². The third kappa shape index (κ3) is 4.88. The summed E-state index contributed by atoms with van der Waals surface area (Å²) in [5.41, 5.74) is 0. The highest BCUT2D eigenvalue weighted by Gasteiger charge is 2.30. The Morgan fingerprint density at radius 1 is 1.36 bits per heavy atom. The lowest BCUT2D eigenvalue weighted by Crippen LogP contribution is -2.34. The number of alkyl halides is 3. The van der Waals surface area contributed by atoms with E-state index in [9.17, 15) is 21.6 Å². The van der Waals surface area contributed by atoms with Crippen molar-refractivity contribution in [1.82, 2.24) is 14.5 Å². The summed E-state index contributed by atoms with van der Waals surface area (Å²) in [4.78, 5) is 0. The first-order chi connectivity index (χ1) is 10.3. The zero-order chi connectivity index (χ0) is 16.2. The molecule has 2 aromatic heterocycles. The van der Waals surface area contributed by atoms with Crippen LogP contribution in [0, 0.1) is 0 Å². The van der Waals surface area contributed by atoms with Gasteiger partial charge in [0.1, 0.15) is 11.8 Å². The molecule has 0 saturated carbocycles. The number of furan rings is 1. The molecule has 0 bridgehead atoms. The van der Waals surface area contributed by atoms with Crippen LogP contribution in [0.2, 0.25) is 0 Å². The minimum absolute atomic E-state index is 0.157. The van der Waals surface area contributed by atoms with Crippen molar-refractivity contribution >= 4 is 10.0 Å². The van der Waals surface area contributed by atoms with E-state index < -0.39 is 34.4 Å². The van der Waals surface area contributed by atoms with Crippen molar-refractivity contribution in [2.75, 3.05) is 12.3 Å². The van der Waals surface area contributed by atoms with Gasteiger partial charge in [-0.15, -0.1) is 0 Å². The molecule has 0 radical (unpaired) electrons. The maximum atomic E-state index is 12.1. The molecule has 0 spiro atoms. The van der Waals surface area contributed by atoms with Crippen molar-refractivity contribution in [3.63, 3.8) is 0 Å². The molecule has 122 valence electrons. The van der Waals surface area contributed by atoms with Crippen molar-refractivity contribution < 1.29 is 26.0 Å². The van der Waals surface area contributed by atoms with Crippen LogP contribution in [0.25, 0.3) is 0 Å². The van der Waals surface area contributed by atoms with Crippen LogP contribution in [-0.4, -0.2) is 36.7 Å². The number of nitrogens with one attached hydrogen (secondary N) is 1. The fourth-order valence-electron chi connectivity index (χ4n) is 1.80. The fourth-order valence-corrected chi connectivity index (χ4v) is 2.85. The summed E-state index contributed by atoms with van der Waals surface area (Å²) in [6.07, 6.45) is -1.37. The van der Waals surface area contributed by atoms with Gasteiger partial charge in [0.05, 0.1) is 18.4 Å². The van der Waals surface area contributed by atoms with Gasteiger partial charge in [-0.05, 0) is 18.2 Å². The van der Waals surface area contributed by atoms with Gasteiger partial charge in [-0.3, -0.25) is 4.68 Å². The second-order valence-corrected chi connectivity index (χ2v) is 6.48. The van der Waals surface area contributed by atoms with Gasteiger partial charge < -0.3 is 4.42 Å². The van der Waals surface area contributed by atoms with Crippen LogP contribution in [0.5, 0.6) is 0 Å². The monoisotopic (exact) mass is 337 g/mol. The quantitative estimate of drug-likeness (QED) is 0.838. The number of halogens is 3. The Balaban J connectivity index is 2.03. The molecule has 0 aliphatic carbocycles. The van der Waals surface area contributed by atoms with Gasteiger partial charge in [0.15, 0.2) is 0 Å². The summed E-state index contributed by atoms with van der Waals surface area (Å²) in [6, 6.07) is 4.33. The molecule has 10 heteroatoms. The first kappa shape index (κ1) is 16.6. The average Bonchev–Trinajstić information content (AvgIpc) is 3.09. The summed E-state index contributed by atoms with van der Waals surface area (Å²) in [5.74, 6) is -0.567. The van der Waals surface area contributed by atoms with Gasteiger partial charge in [0.25, 0.3) is 0 Å². The van der Waals surface area contributed by atoms with Crippen LogP contribution < -0.4 is 4.72 Å². The number of rotatable bonds is 7. The highest BCUT2D eigenvalue weighted by molar-refractivity contribution is 7.89. The summed E-state index contributed by atoms with van der Waals surface area (Å²) in [5, 5.41) is 4.00. The SMILES string of the molecule is O=S(=O)(CCC(F)(F)F)NC[C@@H](c1ccco1)n1cccn1. The number of hydrogen-bond donors (Lipinski definition) is 1. The van der Waals surface area contributed by atoms with Crippen LogP contribution in [0.1, 0.15) is 18.2 Å². The Bertz CT molecular complexity index is 632. The number of hydrogen-bond acceptors (Lipinski definition) is 4. The third-order valence-electron chi connectivity index (χ3n) is 2.87. The Hall–Kier alpha value is -1.81. The van der Waals surface area contributed by atoms with Crippen molar-refractivity contribution in [3.8, 4) is 0 Å². The van der Waals surface area contributed by atoms with E-state index in [1.165, 1.54) is 17.1 Å². The van der Waals surface area contributed by atoms with E-state index in [-0.39, 0.29) is 6.54 Å². The van der Waals surface area contributed by atoms with Crippen LogP contribution in [0.15, 0.2) is 41.3 Å². The summed E-state index contributed by atoms with van der Waals surface area (Å²) >= 11 is 0. The molecule has 0 aliphatic rings. The molecule has 2 aromatic rings. The normalized spacial score (nSPS) is 14.1. The molecule has 1 N–H and O–H groups in total. The number of nitrogens with zero attached hydrogens (tertiary/aromatic N) is 2.